The van der Waals surface area contributed by atoms with Crippen molar-refractivity contribution in [3.63, 3.8) is 0 Å². The maximum Gasteiger partial charge on any atom is 0.254 e. The Balaban J connectivity index is 1.48. The highest BCUT2D eigenvalue weighted by molar-refractivity contribution is 6.06. The highest BCUT2D eigenvalue weighted by atomic mass is 16.2. The van der Waals surface area contributed by atoms with Crippen molar-refractivity contribution in [3.05, 3.63) is 36.2 Å². The predicted octanol–water partition coefficient (Wildman–Crippen LogP) is 1.40. The van der Waals surface area contributed by atoms with Gasteiger partial charge in [0.25, 0.3) is 11.8 Å². The van der Waals surface area contributed by atoms with Gasteiger partial charge in [-0.2, -0.15) is 10.1 Å². The third-order valence-corrected chi connectivity index (χ3v) is 5.57. The van der Waals surface area contributed by atoms with Crippen LogP contribution >= 0.6 is 0 Å². The van der Waals surface area contributed by atoms with E-state index in [-0.39, 0.29) is 35.5 Å². The van der Waals surface area contributed by atoms with Crippen LogP contribution in [-0.2, 0) is 9.59 Å². The van der Waals surface area contributed by atoms with Crippen LogP contribution in [0.3, 0.4) is 0 Å². The summed E-state index contributed by atoms with van der Waals surface area (Å²) in [4.78, 5) is 28.2. The molecule has 2 saturated carbocycles. The van der Waals surface area contributed by atoms with Gasteiger partial charge in [-0.3, -0.25) is 9.59 Å². The Labute approximate surface area is 121 Å². The predicted molar refractivity (Wildman–Crippen MR) is 74.9 cm³/mol. The lowest BCUT2D eigenvalue weighted by Crippen LogP contribution is -2.40. The fourth-order valence-corrected chi connectivity index (χ4v) is 4.60. The second-order valence-electron chi connectivity index (χ2n) is 6.51. The zero-order valence-electron chi connectivity index (χ0n) is 11.3. The van der Waals surface area contributed by atoms with Crippen LogP contribution in [0.5, 0.6) is 0 Å². The second kappa shape index (κ2) is 3.72. The number of allylic oxidation sites excluding steroid dienone is 2. The van der Waals surface area contributed by atoms with E-state index in [9.17, 15) is 9.59 Å². The van der Waals surface area contributed by atoms with Gasteiger partial charge in [0.2, 0.25) is 0 Å². The molecule has 4 aliphatic carbocycles. The number of nitrogens with one attached hydrogen (secondary N) is 1. The monoisotopic (exact) mass is 281 g/mol. The van der Waals surface area contributed by atoms with E-state index < -0.39 is 0 Å². The number of rotatable bonds is 2. The molecule has 0 aromatic carbocycles. The second-order valence-corrected chi connectivity index (χ2v) is 6.51. The number of nitrogens with zero attached hydrogens (tertiary/aromatic N) is 2. The summed E-state index contributed by atoms with van der Waals surface area (Å²) in [7, 11) is 0. The molecular weight excluding hydrogens is 266 g/mol. The van der Waals surface area contributed by atoms with Gasteiger partial charge in [-0.05, 0) is 42.2 Å². The van der Waals surface area contributed by atoms with Crippen LogP contribution in [0.25, 0.3) is 0 Å². The zero-order valence-corrected chi connectivity index (χ0v) is 11.3. The smallest absolute Gasteiger partial charge is 0.254 e. The lowest BCUT2D eigenvalue weighted by molar-refractivity contribution is -0.140. The van der Waals surface area contributed by atoms with Crippen LogP contribution in [0, 0.1) is 35.5 Å². The number of carbonyl (C=O) groups excluding carboxylic acids is 2. The summed E-state index contributed by atoms with van der Waals surface area (Å²) >= 11 is 0. The Morgan fingerprint density at radius 1 is 1.14 bits per heavy atom. The first-order valence-corrected chi connectivity index (χ1v) is 7.49. The normalized spacial score (nSPS) is 42.8. The van der Waals surface area contributed by atoms with E-state index in [4.69, 9.17) is 0 Å². The van der Waals surface area contributed by atoms with E-state index in [0.717, 1.165) is 10.7 Å². The van der Waals surface area contributed by atoms with Crippen molar-refractivity contribution in [2.24, 2.45) is 40.6 Å². The van der Waals surface area contributed by atoms with Crippen molar-refractivity contribution >= 4 is 18.0 Å². The minimum Gasteiger partial charge on any atom is -0.360 e. The summed E-state index contributed by atoms with van der Waals surface area (Å²) in [6, 6.07) is 3.70. The van der Waals surface area contributed by atoms with Crippen LogP contribution in [0.15, 0.2) is 35.6 Å². The van der Waals surface area contributed by atoms with E-state index in [0.29, 0.717) is 11.8 Å². The van der Waals surface area contributed by atoms with Crippen molar-refractivity contribution in [2.45, 2.75) is 6.42 Å². The van der Waals surface area contributed by atoms with Gasteiger partial charge in [0.05, 0.1) is 23.7 Å². The first-order chi connectivity index (χ1) is 10.3. The largest absolute Gasteiger partial charge is 0.360 e. The highest BCUT2D eigenvalue weighted by Gasteiger charge is 2.67. The van der Waals surface area contributed by atoms with Crippen molar-refractivity contribution in [1.82, 2.24) is 9.99 Å². The van der Waals surface area contributed by atoms with Gasteiger partial charge in [0.1, 0.15) is 0 Å². The van der Waals surface area contributed by atoms with Gasteiger partial charge in [-0.15, -0.1) is 0 Å². The van der Waals surface area contributed by atoms with Gasteiger partial charge in [-0.25, -0.2) is 0 Å². The molecule has 6 atom stereocenters. The number of H-pyrrole nitrogens is 1. The van der Waals surface area contributed by atoms with Gasteiger partial charge in [0.15, 0.2) is 0 Å². The molecule has 5 aliphatic rings. The molecule has 21 heavy (non-hydrogen) atoms. The van der Waals surface area contributed by atoms with Crippen LogP contribution in [0.4, 0.5) is 0 Å². The summed E-state index contributed by atoms with van der Waals surface area (Å²) in [6.45, 7) is 0. The van der Waals surface area contributed by atoms with Gasteiger partial charge in [-0.1, -0.05) is 12.2 Å². The molecule has 0 spiro atoms. The van der Waals surface area contributed by atoms with E-state index in [1.165, 1.54) is 6.42 Å². The lowest BCUT2D eigenvalue weighted by Gasteiger charge is -2.37. The minimum absolute atomic E-state index is 0.113. The molecule has 6 unspecified atom stereocenters. The zero-order chi connectivity index (χ0) is 14.1. The number of carbonyl (C=O) groups is 2. The molecule has 1 aromatic rings. The molecule has 106 valence electrons. The Hall–Kier alpha value is -2.17. The highest BCUT2D eigenvalue weighted by Crippen LogP contribution is 2.65. The standard InChI is InChI=1S/C16H15N3O2/c20-15-13-9-3-4-10(12-6-11(9)12)14(13)16(21)19(15)18-7-8-2-1-5-17-8/h1-5,7,9-14,17H,6H2. The molecule has 1 saturated heterocycles. The van der Waals surface area contributed by atoms with Crippen molar-refractivity contribution in [3.8, 4) is 0 Å². The van der Waals surface area contributed by atoms with Crippen LogP contribution in [0.2, 0.25) is 0 Å². The molecule has 3 fully saturated rings. The summed E-state index contributed by atoms with van der Waals surface area (Å²) in [5.74, 6) is 1.21. The Morgan fingerprint density at radius 3 is 2.38 bits per heavy atom. The van der Waals surface area contributed by atoms with Crippen LogP contribution < -0.4 is 0 Å². The Morgan fingerprint density at radius 2 is 1.81 bits per heavy atom. The van der Waals surface area contributed by atoms with E-state index in [1.807, 2.05) is 12.1 Å². The molecule has 2 bridgehead atoms. The summed E-state index contributed by atoms with van der Waals surface area (Å²) < 4.78 is 0. The average molecular weight is 281 g/mol. The molecule has 1 aliphatic heterocycles. The Bertz CT molecular complexity index is 654. The number of aromatic amines is 1. The SMILES string of the molecule is O=C1C2C3C=CC(C4CC34)C2C(=O)N1N=Cc1ccc[nH]1. The third kappa shape index (κ3) is 1.38. The van der Waals surface area contributed by atoms with Gasteiger partial charge < -0.3 is 4.98 Å². The molecule has 5 nitrogen and oxygen atoms in total. The summed E-state index contributed by atoms with van der Waals surface area (Å²) in [5, 5.41) is 5.24. The van der Waals surface area contributed by atoms with E-state index >= 15 is 0 Å². The number of hydrogen-bond donors (Lipinski definition) is 1. The number of hydrazone groups is 1. The van der Waals surface area contributed by atoms with Gasteiger partial charge >= 0.3 is 0 Å². The van der Waals surface area contributed by atoms with E-state index in [1.54, 1.807) is 12.4 Å². The molecule has 2 heterocycles. The topological polar surface area (TPSA) is 65.5 Å². The fourth-order valence-electron chi connectivity index (χ4n) is 4.60. The molecule has 6 rings (SSSR count). The number of amides is 2. The molecule has 1 N–H and O–H groups in total. The van der Waals surface area contributed by atoms with Crippen molar-refractivity contribution < 1.29 is 9.59 Å². The van der Waals surface area contributed by atoms with Crippen LogP contribution in [0.1, 0.15) is 12.1 Å². The quantitative estimate of drug-likeness (QED) is 0.506. The third-order valence-electron chi connectivity index (χ3n) is 5.57. The number of imide groups is 1. The lowest BCUT2D eigenvalue weighted by atomic mass is 9.63. The van der Waals surface area contributed by atoms with E-state index in [2.05, 4.69) is 22.2 Å². The average Bonchev–Trinajstić information content (AvgIpc) is 3.10. The maximum absolute atomic E-state index is 12.6. The van der Waals surface area contributed by atoms with Gasteiger partial charge in [0, 0.05) is 6.20 Å². The number of aromatic nitrogens is 1. The number of hydrogen-bond acceptors (Lipinski definition) is 3. The first kappa shape index (κ1) is 11.5. The summed E-state index contributed by atoms with van der Waals surface area (Å²) in [6.07, 6.45) is 8.85. The maximum atomic E-state index is 12.6. The first-order valence-electron chi connectivity index (χ1n) is 7.49. The summed E-state index contributed by atoms with van der Waals surface area (Å²) in [5.41, 5.74) is 0.786. The van der Waals surface area contributed by atoms with Crippen molar-refractivity contribution in [1.29, 1.82) is 0 Å². The van der Waals surface area contributed by atoms with Crippen LogP contribution in [-0.4, -0.2) is 28.0 Å². The Kier molecular flexibility index (Phi) is 2.04. The molecule has 2 amide bonds. The molecule has 5 heteroatoms. The molecule has 1 aromatic heterocycles. The minimum atomic E-state index is -0.169. The fraction of sp³-hybridized carbons (Fsp3) is 0.438. The molecular formula is C16H15N3O2. The molecule has 0 radical (unpaired) electrons. The van der Waals surface area contributed by atoms with Crippen molar-refractivity contribution in [2.75, 3.05) is 0 Å².